The number of benzene rings is 1. The number of rotatable bonds is 5. The minimum absolute atomic E-state index is 0. The van der Waals surface area contributed by atoms with Crippen LogP contribution in [0.25, 0.3) is 0 Å². The van der Waals surface area contributed by atoms with Crippen molar-refractivity contribution in [3.8, 4) is 5.75 Å². The van der Waals surface area contributed by atoms with Crippen molar-refractivity contribution in [1.82, 2.24) is 20.4 Å². The van der Waals surface area contributed by atoms with Gasteiger partial charge in [-0.2, -0.15) is 4.98 Å². The maximum atomic E-state index is 5.66. The van der Waals surface area contributed by atoms with Gasteiger partial charge in [-0.25, -0.2) is 0 Å². The Labute approximate surface area is 142 Å². The first-order valence-electron chi connectivity index (χ1n) is 7.66. The van der Waals surface area contributed by atoms with Gasteiger partial charge in [-0.1, -0.05) is 17.3 Å². The minimum Gasteiger partial charge on any atom is -0.485 e. The van der Waals surface area contributed by atoms with Gasteiger partial charge in [-0.3, -0.25) is 4.90 Å². The molecule has 1 aromatic heterocycles. The van der Waals surface area contributed by atoms with Crippen LogP contribution >= 0.6 is 12.4 Å². The second-order valence-corrected chi connectivity index (χ2v) is 5.75. The first-order chi connectivity index (χ1) is 10.7. The summed E-state index contributed by atoms with van der Waals surface area (Å²) >= 11 is 0. The molecule has 7 heteroatoms. The van der Waals surface area contributed by atoms with Crippen LogP contribution in [0.4, 0.5) is 0 Å². The maximum absolute atomic E-state index is 5.66. The number of hydrogen-bond donors (Lipinski definition) is 1. The highest BCUT2D eigenvalue weighted by Gasteiger charge is 2.15. The molecule has 1 fully saturated rings. The highest BCUT2D eigenvalue weighted by atomic mass is 35.5. The number of aromatic nitrogens is 2. The molecule has 0 radical (unpaired) electrons. The van der Waals surface area contributed by atoms with Crippen molar-refractivity contribution in [3.05, 3.63) is 41.5 Å². The molecule has 6 nitrogen and oxygen atoms in total. The molecule has 2 heterocycles. The van der Waals surface area contributed by atoms with Gasteiger partial charge in [-0.15, -0.1) is 12.4 Å². The Bertz CT molecular complexity index is 602. The van der Waals surface area contributed by atoms with Gasteiger partial charge in [0.2, 0.25) is 11.7 Å². The Morgan fingerprint density at radius 2 is 2.13 bits per heavy atom. The fourth-order valence-electron chi connectivity index (χ4n) is 2.65. The lowest BCUT2D eigenvalue weighted by molar-refractivity contribution is 0.199. The van der Waals surface area contributed by atoms with E-state index in [0.29, 0.717) is 24.4 Å². The molecule has 1 N–H and O–H groups in total. The molecule has 0 bridgehead atoms. The van der Waals surface area contributed by atoms with E-state index in [1.54, 1.807) is 6.92 Å². The molecule has 0 amide bonds. The van der Waals surface area contributed by atoms with E-state index in [0.717, 1.165) is 31.9 Å². The van der Waals surface area contributed by atoms with Crippen molar-refractivity contribution in [2.75, 3.05) is 19.6 Å². The molecule has 0 aliphatic carbocycles. The van der Waals surface area contributed by atoms with E-state index in [1.807, 2.05) is 12.1 Å². The zero-order chi connectivity index (χ0) is 15.4. The molecule has 1 aliphatic rings. The van der Waals surface area contributed by atoms with Crippen LogP contribution in [0.15, 0.2) is 28.8 Å². The molecule has 2 aromatic rings. The molecule has 126 valence electrons. The number of ether oxygens (including phenoxy) is 1. The van der Waals surface area contributed by atoms with Crippen molar-refractivity contribution in [2.45, 2.75) is 33.0 Å². The Kier molecular flexibility index (Phi) is 6.38. The molecular weight excluding hydrogens is 316 g/mol. The Morgan fingerprint density at radius 3 is 2.78 bits per heavy atom. The van der Waals surface area contributed by atoms with Crippen LogP contribution in [0.3, 0.4) is 0 Å². The predicted molar refractivity (Wildman–Crippen MR) is 89.8 cm³/mol. The van der Waals surface area contributed by atoms with Crippen LogP contribution < -0.4 is 10.1 Å². The molecule has 0 saturated carbocycles. The summed E-state index contributed by atoms with van der Waals surface area (Å²) in [4.78, 5) is 6.58. The van der Waals surface area contributed by atoms with E-state index in [9.17, 15) is 0 Å². The van der Waals surface area contributed by atoms with Crippen LogP contribution in [0.1, 0.15) is 24.2 Å². The second-order valence-electron chi connectivity index (χ2n) is 5.75. The van der Waals surface area contributed by atoms with E-state index in [-0.39, 0.29) is 12.4 Å². The standard InChI is InChI=1S/C16H22N4O2.ClH/c1-12-9-20(8-7-17-12)10-14-3-5-15(6-4-14)21-11-16-18-13(2)22-19-16;/h3-6,12,17H,7-11H2,1-2H3;1H/t12-;/m0./s1. The molecule has 1 atom stereocenters. The fourth-order valence-corrected chi connectivity index (χ4v) is 2.65. The summed E-state index contributed by atoms with van der Waals surface area (Å²) in [5.41, 5.74) is 1.30. The van der Waals surface area contributed by atoms with Gasteiger partial charge in [0.1, 0.15) is 5.75 Å². The van der Waals surface area contributed by atoms with E-state index in [2.05, 4.69) is 39.4 Å². The van der Waals surface area contributed by atoms with E-state index in [4.69, 9.17) is 9.26 Å². The van der Waals surface area contributed by atoms with Crippen LogP contribution in [0.5, 0.6) is 5.75 Å². The van der Waals surface area contributed by atoms with Crippen LogP contribution in [-0.2, 0) is 13.2 Å². The lowest BCUT2D eigenvalue weighted by Gasteiger charge is -2.31. The third kappa shape index (κ3) is 5.20. The lowest BCUT2D eigenvalue weighted by atomic mass is 10.1. The predicted octanol–water partition coefficient (Wildman–Crippen LogP) is 2.17. The van der Waals surface area contributed by atoms with Crippen molar-refractivity contribution in [2.24, 2.45) is 0 Å². The Balaban J connectivity index is 0.00000192. The molecule has 0 spiro atoms. The van der Waals surface area contributed by atoms with Gasteiger partial charge >= 0.3 is 0 Å². The summed E-state index contributed by atoms with van der Waals surface area (Å²) in [6.07, 6.45) is 0. The SMILES string of the molecule is Cc1nc(COc2ccc(CN3CCN[C@@H](C)C3)cc2)no1.Cl. The van der Waals surface area contributed by atoms with E-state index >= 15 is 0 Å². The summed E-state index contributed by atoms with van der Waals surface area (Å²) < 4.78 is 10.6. The van der Waals surface area contributed by atoms with E-state index in [1.165, 1.54) is 5.56 Å². The highest BCUT2D eigenvalue weighted by Crippen LogP contribution is 2.15. The normalized spacial score (nSPS) is 18.4. The third-order valence-electron chi connectivity index (χ3n) is 3.72. The summed E-state index contributed by atoms with van der Waals surface area (Å²) in [5, 5.41) is 7.27. The first kappa shape index (κ1) is 17.7. The molecule has 1 saturated heterocycles. The summed E-state index contributed by atoms with van der Waals surface area (Å²) in [5.74, 6) is 1.94. The number of nitrogens with zero attached hydrogens (tertiary/aromatic N) is 3. The molecule has 1 aromatic carbocycles. The maximum Gasteiger partial charge on any atom is 0.223 e. The van der Waals surface area contributed by atoms with Gasteiger partial charge in [0, 0.05) is 39.1 Å². The minimum atomic E-state index is 0. The van der Waals surface area contributed by atoms with Crippen LogP contribution in [0.2, 0.25) is 0 Å². The van der Waals surface area contributed by atoms with E-state index < -0.39 is 0 Å². The molecular formula is C16H23ClN4O2. The quantitative estimate of drug-likeness (QED) is 0.901. The Hall–Kier alpha value is -1.63. The fraction of sp³-hybridized carbons (Fsp3) is 0.500. The average Bonchev–Trinajstić information content (AvgIpc) is 2.92. The smallest absolute Gasteiger partial charge is 0.223 e. The first-order valence-corrected chi connectivity index (χ1v) is 7.66. The van der Waals surface area contributed by atoms with Crippen molar-refractivity contribution in [3.63, 3.8) is 0 Å². The van der Waals surface area contributed by atoms with Crippen LogP contribution in [-0.4, -0.2) is 40.7 Å². The van der Waals surface area contributed by atoms with Crippen molar-refractivity contribution >= 4 is 12.4 Å². The highest BCUT2D eigenvalue weighted by molar-refractivity contribution is 5.85. The lowest BCUT2D eigenvalue weighted by Crippen LogP contribution is -2.48. The monoisotopic (exact) mass is 338 g/mol. The van der Waals surface area contributed by atoms with Gasteiger partial charge in [0.15, 0.2) is 6.61 Å². The largest absolute Gasteiger partial charge is 0.485 e. The summed E-state index contributed by atoms with van der Waals surface area (Å²) in [7, 11) is 0. The number of nitrogens with one attached hydrogen (secondary N) is 1. The molecule has 23 heavy (non-hydrogen) atoms. The number of hydrogen-bond acceptors (Lipinski definition) is 6. The van der Waals surface area contributed by atoms with Crippen molar-refractivity contribution in [1.29, 1.82) is 0 Å². The number of aryl methyl sites for hydroxylation is 1. The topological polar surface area (TPSA) is 63.4 Å². The summed E-state index contributed by atoms with van der Waals surface area (Å²) in [6.45, 7) is 8.55. The third-order valence-corrected chi connectivity index (χ3v) is 3.72. The van der Waals surface area contributed by atoms with Gasteiger partial charge in [-0.05, 0) is 24.6 Å². The van der Waals surface area contributed by atoms with Gasteiger partial charge < -0.3 is 14.6 Å². The number of piperazine rings is 1. The second kappa shape index (κ2) is 8.29. The molecule has 1 aliphatic heterocycles. The van der Waals surface area contributed by atoms with Gasteiger partial charge in [0.25, 0.3) is 0 Å². The average molecular weight is 339 g/mol. The number of halogens is 1. The molecule has 3 rings (SSSR count). The van der Waals surface area contributed by atoms with Crippen LogP contribution in [0, 0.1) is 6.92 Å². The summed E-state index contributed by atoms with van der Waals surface area (Å²) in [6, 6.07) is 8.78. The Morgan fingerprint density at radius 1 is 1.35 bits per heavy atom. The zero-order valence-corrected chi connectivity index (χ0v) is 14.3. The molecule has 0 unspecified atom stereocenters. The zero-order valence-electron chi connectivity index (χ0n) is 13.5. The van der Waals surface area contributed by atoms with Gasteiger partial charge in [0.05, 0.1) is 0 Å². The van der Waals surface area contributed by atoms with Crippen molar-refractivity contribution < 1.29 is 9.26 Å².